The number of hydrogen-bond donors (Lipinski definition) is 1. The summed E-state index contributed by atoms with van der Waals surface area (Å²) in [6.07, 6.45) is 5.66. The third-order valence-corrected chi connectivity index (χ3v) is 6.20. The summed E-state index contributed by atoms with van der Waals surface area (Å²) in [6, 6.07) is 1.77. The molecule has 21 heavy (non-hydrogen) atoms. The molecule has 1 atom stereocenters. The molecule has 1 unspecified atom stereocenters. The fourth-order valence-corrected chi connectivity index (χ4v) is 4.74. The highest BCUT2D eigenvalue weighted by Gasteiger charge is 2.31. The topological polar surface area (TPSA) is 62.5 Å². The fraction of sp³-hybridized carbons (Fsp3) is 0.733. The van der Waals surface area contributed by atoms with Gasteiger partial charge in [-0.3, -0.25) is 0 Å². The predicted octanol–water partition coefficient (Wildman–Crippen LogP) is 2.51. The van der Waals surface area contributed by atoms with E-state index in [1.807, 2.05) is 25.3 Å². The van der Waals surface area contributed by atoms with Crippen LogP contribution in [0.2, 0.25) is 0 Å². The summed E-state index contributed by atoms with van der Waals surface area (Å²) in [5.41, 5.74) is 0.644. The van der Waals surface area contributed by atoms with Gasteiger partial charge in [0.2, 0.25) is 10.0 Å². The first-order valence-corrected chi connectivity index (χ1v) is 9.15. The minimum atomic E-state index is -3.48. The molecular weight excluding hydrogens is 288 g/mol. The van der Waals surface area contributed by atoms with Gasteiger partial charge in [0.1, 0.15) is 4.90 Å². The van der Waals surface area contributed by atoms with Gasteiger partial charge in [-0.1, -0.05) is 12.8 Å². The Labute approximate surface area is 127 Å². The van der Waals surface area contributed by atoms with Gasteiger partial charge in [0, 0.05) is 30.5 Å². The van der Waals surface area contributed by atoms with Crippen LogP contribution in [0.5, 0.6) is 0 Å². The molecule has 0 radical (unpaired) electrons. The van der Waals surface area contributed by atoms with Crippen molar-refractivity contribution in [1.82, 2.24) is 8.87 Å². The molecule has 2 heterocycles. The maximum atomic E-state index is 12.9. The molecule has 1 aromatic heterocycles. The third kappa shape index (κ3) is 3.33. The second kappa shape index (κ2) is 6.50. The molecule has 0 bridgehead atoms. The summed E-state index contributed by atoms with van der Waals surface area (Å²) >= 11 is 0. The van der Waals surface area contributed by atoms with Crippen molar-refractivity contribution in [3.05, 3.63) is 18.0 Å². The molecule has 1 N–H and O–H groups in total. The van der Waals surface area contributed by atoms with Gasteiger partial charge in [-0.25, -0.2) is 8.42 Å². The van der Waals surface area contributed by atoms with Gasteiger partial charge in [0.25, 0.3) is 0 Å². The van der Waals surface area contributed by atoms with Gasteiger partial charge in [0.15, 0.2) is 0 Å². The highest BCUT2D eigenvalue weighted by atomic mass is 32.2. The van der Waals surface area contributed by atoms with Gasteiger partial charge in [-0.2, -0.15) is 4.31 Å². The number of aliphatic hydroxyl groups excluding tert-OH is 1. The standard InChI is InChI=1S/C15H26N2O3S/c1-12(2)16-10-15(9-14(16)11-18)21(19,20)17-8-6-4-5-7-13(17)3/h9-10,12-13,18H,4-8,11H2,1-3H3. The molecular formula is C15H26N2O3S. The van der Waals surface area contributed by atoms with E-state index in [0.29, 0.717) is 17.1 Å². The van der Waals surface area contributed by atoms with Crippen molar-refractivity contribution in [3.8, 4) is 0 Å². The van der Waals surface area contributed by atoms with Gasteiger partial charge in [0.05, 0.1) is 6.61 Å². The first kappa shape index (κ1) is 16.5. The molecule has 120 valence electrons. The Morgan fingerprint density at radius 2 is 2.05 bits per heavy atom. The van der Waals surface area contributed by atoms with E-state index in [9.17, 15) is 13.5 Å². The summed E-state index contributed by atoms with van der Waals surface area (Å²) < 4.78 is 29.2. The lowest BCUT2D eigenvalue weighted by atomic mass is 10.1. The van der Waals surface area contributed by atoms with Crippen LogP contribution in [0.25, 0.3) is 0 Å². The highest BCUT2D eigenvalue weighted by Crippen LogP contribution is 2.27. The van der Waals surface area contributed by atoms with E-state index in [0.717, 1.165) is 25.7 Å². The number of hydrogen-bond acceptors (Lipinski definition) is 3. The van der Waals surface area contributed by atoms with Crippen molar-refractivity contribution in [2.45, 2.75) is 70.0 Å². The summed E-state index contributed by atoms with van der Waals surface area (Å²) in [5, 5.41) is 9.42. The Balaban J connectivity index is 2.38. The number of aliphatic hydroxyl groups is 1. The maximum Gasteiger partial charge on any atom is 0.244 e. The van der Waals surface area contributed by atoms with E-state index in [4.69, 9.17) is 0 Å². The van der Waals surface area contributed by atoms with E-state index in [-0.39, 0.29) is 18.7 Å². The second-order valence-electron chi connectivity index (χ2n) is 6.14. The molecule has 5 nitrogen and oxygen atoms in total. The predicted molar refractivity (Wildman–Crippen MR) is 82.6 cm³/mol. The molecule has 0 amide bonds. The molecule has 1 aromatic rings. The molecule has 1 aliphatic rings. The summed E-state index contributed by atoms with van der Waals surface area (Å²) in [6.45, 7) is 6.37. The minimum absolute atomic E-state index is 0.0393. The largest absolute Gasteiger partial charge is 0.390 e. The molecule has 1 aliphatic heterocycles. The molecule has 1 fully saturated rings. The zero-order chi connectivity index (χ0) is 15.6. The zero-order valence-electron chi connectivity index (χ0n) is 13.1. The lowest BCUT2D eigenvalue weighted by Gasteiger charge is -2.25. The van der Waals surface area contributed by atoms with Gasteiger partial charge in [-0.05, 0) is 39.7 Å². The normalized spacial score (nSPS) is 21.7. The van der Waals surface area contributed by atoms with Crippen LogP contribution in [-0.4, -0.2) is 35.0 Å². The lowest BCUT2D eigenvalue weighted by molar-refractivity contribution is 0.268. The number of sulfonamides is 1. The second-order valence-corrected chi connectivity index (χ2v) is 8.03. The fourth-order valence-electron chi connectivity index (χ4n) is 2.99. The Bertz CT molecular complexity index is 578. The van der Waals surface area contributed by atoms with Crippen molar-refractivity contribution in [2.24, 2.45) is 0 Å². The molecule has 0 aromatic carbocycles. The Kier molecular flexibility index (Phi) is 5.11. The summed E-state index contributed by atoms with van der Waals surface area (Å²) in [5.74, 6) is 0. The van der Waals surface area contributed by atoms with E-state index >= 15 is 0 Å². The molecule has 0 aliphatic carbocycles. The smallest absolute Gasteiger partial charge is 0.244 e. The average Bonchev–Trinajstić information content (AvgIpc) is 2.76. The van der Waals surface area contributed by atoms with Gasteiger partial charge >= 0.3 is 0 Å². The average molecular weight is 314 g/mol. The van der Waals surface area contributed by atoms with Crippen molar-refractivity contribution in [3.63, 3.8) is 0 Å². The first-order valence-electron chi connectivity index (χ1n) is 7.71. The molecule has 6 heteroatoms. The summed E-state index contributed by atoms with van der Waals surface area (Å²) in [7, 11) is -3.48. The highest BCUT2D eigenvalue weighted by molar-refractivity contribution is 7.89. The van der Waals surface area contributed by atoms with Gasteiger partial charge < -0.3 is 9.67 Å². The SMILES string of the molecule is CC1CCCCCN1S(=O)(=O)c1cc(CO)n(C(C)C)c1. The zero-order valence-corrected chi connectivity index (χ0v) is 13.9. The molecule has 2 rings (SSSR count). The van der Waals surface area contributed by atoms with E-state index in [1.54, 1.807) is 16.6 Å². The van der Waals surface area contributed by atoms with Crippen molar-refractivity contribution in [1.29, 1.82) is 0 Å². The number of aromatic nitrogens is 1. The van der Waals surface area contributed by atoms with Crippen LogP contribution in [0.1, 0.15) is 58.2 Å². The van der Waals surface area contributed by atoms with Crippen LogP contribution in [0.15, 0.2) is 17.2 Å². The van der Waals surface area contributed by atoms with E-state index in [2.05, 4.69) is 0 Å². The van der Waals surface area contributed by atoms with Crippen molar-refractivity contribution < 1.29 is 13.5 Å². The lowest BCUT2D eigenvalue weighted by Crippen LogP contribution is -2.38. The Morgan fingerprint density at radius 1 is 1.33 bits per heavy atom. The Morgan fingerprint density at radius 3 is 2.62 bits per heavy atom. The van der Waals surface area contributed by atoms with Crippen LogP contribution in [0.3, 0.4) is 0 Å². The van der Waals surface area contributed by atoms with Crippen LogP contribution in [-0.2, 0) is 16.6 Å². The molecule has 0 saturated carbocycles. The maximum absolute atomic E-state index is 12.9. The quantitative estimate of drug-likeness (QED) is 0.929. The van der Waals surface area contributed by atoms with Crippen LogP contribution >= 0.6 is 0 Å². The van der Waals surface area contributed by atoms with Crippen molar-refractivity contribution >= 4 is 10.0 Å². The van der Waals surface area contributed by atoms with Crippen LogP contribution in [0, 0.1) is 0 Å². The van der Waals surface area contributed by atoms with Gasteiger partial charge in [-0.15, -0.1) is 0 Å². The Hall–Kier alpha value is -0.850. The van der Waals surface area contributed by atoms with Crippen LogP contribution < -0.4 is 0 Å². The third-order valence-electron chi connectivity index (χ3n) is 4.22. The van der Waals surface area contributed by atoms with Crippen LogP contribution in [0.4, 0.5) is 0 Å². The number of nitrogens with zero attached hydrogens (tertiary/aromatic N) is 2. The number of rotatable bonds is 4. The minimum Gasteiger partial charge on any atom is -0.390 e. The van der Waals surface area contributed by atoms with E-state index < -0.39 is 10.0 Å². The van der Waals surface area contributed by atoms with E-state index in [1.165, 1.54) is 0 Å². The molecule has 1 saturated heterocycles. The first-order chi connectivity index (χ1) is 9.87. The van der Waals surface area contributed by atoms with Crippen molar-refractivity contribution in [2.75, 3.05) is 6.54 Å². The monoisotopic (exact) mass is 314 g/mol. The summed E-state index contributed by atoms with van der Waals surface area (Å²) in [4.78, 5) is 0.300. The molecule has 0 spiro atoms.